The van der Waals surface area contributed by atoms with E-state index < -0.39 is 17.1 Å². The van der Waals surface area contributed by atoms with Gasteiger partial charge in [-0.25, -0.2) is 4.90 Å². The van der Waals surface area contributed by atoms with Crippen molar-refractivity contribution in [3.05, 3.63) is 68.6 Å². The van der Waals surface area contributed by atoms with E-state index in [0.717, 1.165) is 43.7 Å². The van der Waals surface area contributed by atoms with Crippen LogP contribution in [-0.2, 0) is 14.4 Å². The number of nitrogens with zero attached hydrogens (tertiary/aromatic N) is 2. The van der Waals surface area contributed by atoms with E-state index in [0.29, 0.717) is 32.7 Å². The van der Waals surface area contributed by atoms with E-state index in [-0.39, 0.29) is 29.2 Å². The van der Waals surface area contributed by atoms with Crippen LogP contribution in [0.4, 0.5) is 5.69 Å². The van der Waals surface area contributed by atoms with Gasteiger partial charge in [0.1, 0.15) is 16.7 Å². The first kappa shape index (κ1) is 25.7. The molecule has 2 aromatic carbocycles. The zero-order valence-corrected chi connectivity index (χ0v) is 22.9. The fraction of sp³-hybridized carbons (Fsp3) is 0.357. The van der Waals surface area contributed by atoms with Gasteiger partial charge in [-0.3, -0.25) is 19.2 Å². The molecule has 0 spiro atoms. The number of carbonyl (C=O) groups excluding carboxylic acids is 3. The van der Waals surface area contributed by atoms with Crippen LogP contribution in [0.15, 0.2) is 58.4 Å². The number of aromatic amines is 1. The fourth-order valence-electron chi connectivity index (χ4n) is 5.58. The Balaban J connectivity index is 1.36. The van der Waals surface area contributed by atoms with E-state index in [9.17, 15) is 19.2 Å². The number of thioether (sulfide) groups is 1. The summed E-state index contributed by atoms with van der Waals surface area (Å²) in [4.78, 5) is 59.2. The molecule has 3 atom stereocenters. The number of methoxy groups -OCH3 is 1. The summed E-state index contributed by atoms with van der Waals surface area (Å²) in [7, 11) is 1.55. The molecule has 3 aliphatic heterocycles. The minimum atomic E-state index is -0.744. The lowest BCUT2D eigenvalue weighted by molar-refractivity contribution is -0.134. The number of fused-ring (bicyclic) bond motifs is 2. The minimum Gasteiger partial charge on any atom is -0.497 e. The van der Waals surface area contributed by atoms with Crippen LogP contribution in [0.3, 0.4) is 0 Å². The van der Waals surface area contributed by atoms with Gasteiger partial charge in [0.2, 0.25) is 11.8 Å². The van der Waals surface area contributed by atoms with Crippen molar-refractivity contribution < 1.29 is 23.9 Å². The second-order valence-electron chi connectivity index (χ2n) is 9.73. The number of imide groups is 1. The van der Waals surface area contributed by atoms with E-state index in [4.69, 9.17) is 9.47 Å². The normalized spacial score (nSPS) is 22.4. The number of thiazole rings is 1. The molecule has 3 aromatic rings. The Kier molecular flexibility index (Phi) is 6.94. The standard InChI is InChI=1S/C28H27N3O6S2/c1-36-17-11-9-16(10-12-17)31-26(33)22-21(23-25(29-28(35)39-23)38-24(22)27(31)34)18-7-3-4-8-19(18)37-15-20(32)30-13-5-2-6-14-30/h3-4,7-12,21-22,24H,2,5-6,13-15H2,1H3,(H,29,35)/t21-,22-,24+/m0/s1. The van der Waals surface area contributed by atoms with Crippen molar-refractivity contribution >= 4 is 46.5 Å². The molecule has 3 aliphatic rings. The molecule has 0 unspecified atom stereocenters. The minimum absolute atomic E-state index is 0.0774. The lowest BCUT2D eigenvalue weighted by atomic mass is 9.82. The maximum absolute atomic E-state index is 14.0. The maximum atomic E-state index is 14.0. The molecule has 0 radical (unpaired) electrons. The third-order valence-corrected chi connectivity index (χ3v) is 9.87. The Morgan fingerprint density at radius 1 is 1.00 bits per heavy atom. The van der Waals surface area contributed by atoms with Gasteiger partial charge in [0.05, 0.1) is 23.7 Å². The number of benzene rings is 2. The van der Waals surface area contributed by atoms with Crippen LogP contribution in [0.5, 0.6) is 11.5 Å². The quantitative estimate of drug-likeness (QED) is 0.455. The number of hydrogen-bond acceptors (Lipinski definition) is 8. The molecular weight excluding hydrogens is 538 g/mol. The van der Waals surface area contributed by atoms with Crippen molar-refractivity contribution in [2.24, 2.45) is 5.92 Å². The Hall–Kier alpha value is -3.57. The Morgan fingerprint density at radius 2 is 1.74 bits per heavy atom. The van der Waals surface area contributed by atoms with Gasteiger partial charge in [-0.1, -0.05) is 41.3 Å². The second-order valence-corrected chi connectivity index (χ2v) is 11.9. The molecule has 202 valence electrons. The molecule has 2 saturated heterocycles. The van der Waals surface area contributed by atoms with E-state index in [1.54, 1.807) is 37.4 Å². The molecule has 9 nitrogen and oxygen atoms in total. The van der Waals surface area contributed by atoms with Gasteiger partial charge >= 0.3 is 4.87 Å². The van der Waals surface area contributed by atoms with Crippen LogP contribution in [0.25, 0.3) is 0 Å². The highest BCUT2D eigenvalue weighted by atomic mass is 32.2. The topological polar surface area (TPSA) is 109 Å². The van der Waals surface area contributed by atoms with E-state index in [2.05, 4.69) is 4.98 Å². The summed E-state index contributed by atoms with van der Waals surface area (Å²) in [5, 5.41) is -0.126. The van der Waals surface area contributed by atoms with Crippen LogP contribution >= 0.6 is 23.1 Å². The highest BCUT2D eigenvalue weighted by Crippen LogP contribution is 2.54. The molecule has 3 amide bonds. The third-order valence-electron chi connectivity index (χ3n) is 7.47. The number of likely N-dealkylation sites (tertiary alicyclic amines) is 1. The Bertz CT molecular complexity index is 1480. The van der Waals surface area contributed by atoms with Crippen molar-refractivity contribution in [2.75, 3.05) is 31.7 Å². The fourth-order valence-corrected chi connectivity index (χ4v) is 8.09. The molecule has 0 saturated carbocycles. The molecule has 11 heteroatoms. The average Bonchev–Trinajstić information content (AvgIpc) is 3.46. The van der Waals surface area contributed by atoms with E-state index >= 15 is 0 Å². The number of nitrogens with one attached hydrogen (secondary N) is 1. The molecular formula is C28H27N3O6S2. The number of ether oxygens (including phenoxy) is 2. The summed E-state index contributed by atoms with van der Waals surface area (Å²) in [6.07, 6.45) is 3.10. The van der Waals surface area contributed by atoms with Crippen molar-refractivity contribution in [1.82, 2.24) is 9.88 Å². The van der Waals surface area contributed by atoms with Crippen LogP contribution < -0.4 is 19.2 Å². The molecule has 1 aromatic heterocycles. The number of piperidine rings is 1. The number of rotatable bonds is 6. The number of para-hydroxylation sites is 1. The molecule has 2 fully saturated rings. The predicted octanol–water partition coefficient (Wildman–Crippen LogP) is 3.63. The highest BCUT2D eigenvalue weighted by Gasteiger charge is 2.56. The Morgan fingerprint density at radius 3 is 2.49 bits per heavy atom. The van der Waals surface area contributed by atoms with Crippen LogP contribution in [0, 0.1) is 5.92 Å². The number of H-pyrrole nitrogens is 1. The molecule has 6 rings (SSSR count). The van der Waals surface area contributed by atoms with Gasteiger partial charge in [0, 0.05) is 29.4 Å². The SMILES string of the molecule is COc1ccc(N2C(=O)[C@H]3[C@H](c4ccccc4OCC(=O)N4CCCCC4)c4sc(=O)[nH]c4S[C@H]3C2=O)cc1. The van der Waals surface area contributed by atoms with Crippen molar-refractivity contribution in [1.29, 1.82) is 0 Å². The molecule has 1 N–H and O–H groups in total. The first-order chi connectivity index (χ1) is 19.0. The number of hydrogen-bond donors (Lipinski definition) is 1. The number of amides is 3. The average molecular weight is 566 g/mol. The van der Waals surface area contributed by atoms with Crippen LogP contribution in [0.1, 0.15) is 35.6 Å². The summed E-state index contributed by atoms with van der Waals surface area (Å²) < 4.78 is 11.3. The molecule has 4 heterocycles. The number of aromatic nitrogens is 1. The van der Waals surface area contributed by atoms with Crippen molar-refractivity contribution in [2.45, 2.75) is 35.5 Å². The largest absolute Gasteiger partial charge is 0.497 e. The zero-order valence-electron chi connectivity index (χ0n) is 21.3. The summed E-state index contributed by atoms with van der Waals surface area (Å²) in [6.45, 7) is 1.34. The first-order valence-electron chi connectivity index (χ1n) is 12.9. The van der Waals surface area contributed by atoms with Crippen LogP contribution in [-0.4, -0.2) is 59.7 Å². The van der Waals surface area contributed by atoms with Gasteiger partial charge in [-0.2, -0.15) is 0 Å². The van der Waals surface area contributed by atoms with Gasteiger partial charge in [-0.05, 0) is 49.6 Å². The van der Waals surface area contributed by atoms with Gasteiger partial charge < -0.3 is 19.4 Å². The number of carbonyl (C=O) groups is 3. The highest BCUT2D eigenvalue weighted by molar-refractivity contribution is 8.00. The molecule has 0 aliphatic carbocycles. The van der Waals surface area contributed by atoms with Gasteiger partial charge in [0.15, 0.2) is 6.61 Å². The predicted molar refractivity (Wildman–Crippen MR) is 148 cm³/mol. The van der Waals surface area contributed by atoms with Crippen molar-refractivity contribution in [3.63, 3.8) is 0 Å². The lowest BCUT2D eigenvalue weighted by Crippen LogP contribution is -2.38. The maximum Gasteiger partial charge on any atom is 0.305 e. The monoisotopic (exact) mass is 565 g/mol. The van der Waals surface area contributed by atoms with Gasteiger partial charge in [-0.15, -0.1) is 0 Å². The first-order valence-corrected chi connectivity index (χ1v) is 14.6. The number of anilines is 1. The Labute approximate surface area is 233 Å². The molecule has 0 bridgehead atoms. The van der Waals surface area contributed by atoms with Crippen molar-refractivity contribution in [3.8, 4) is 11.5 Å². The van der Waals surface area contributed by atoms with E-state index in [1.165, 1.54) is 16.7 Å². The zero-order chi connectivity index (χ0) is 27.1. The van der Waals surface area contributed by atoms with Gasteiger partial charge in [0.25, 0.3) is 5.91 Å². The van der Waals surface area contributed by atoms with Crippen LogP contribution in [0.2, 0.25) is 0 Å². The lowest BCUT2D eigenvalue weighted by Gasteiger charge is -2.31. The third kappa shape index (κ3) is 4.63. The summed E-state index contributed by atoms with van der Waals surface area (Å²) in [5.41, 5.74) is 1.14. The summed E-state index contributed by atoms with van der Waals surface area (Å²) in [6, 6.07) is 14.1. The summed E-state index contributed by atoms with van der Waals surface area (Å²) >= 11 is 2.27. The summed E-state index contributed by atoms with van der Waals surface area (Å²) in [5.74, 6) is -0.991. The van der Waals surface area contributed by atoms with E-state index in [1.807, 2.05) is 23.1 Å². The second kappa shape index (κ2) is 10.5. The smallest absolute Gasteiger partial charge is 0.305 e. The molecule has 39 heavy (non-hydrogen) atoms.